The first kappa shape index (κ1) is 16.0. The van der Waals surface area contributed by atoms with Gasteiger partial charge in [-0.05, 0) is 36.5 Å². The molecule has 0 aromatic heterocycles. The van der Waals surface area contributed by atoms with Crippen LogP contribution in [0.2, 0.25) is 5.02 Å². The predicted octanol–water partition coefficient (Wildman–Crippen LogP) is 3.92. The lowest BCUT2D eigenvalue weighted by molar-refractivity contribution is -0.384. The van der Waals surface area contributed by atoms with E-state index in [9.17, 15) is 10.1 Å². The van der Waals surface area contributed by atoms with Crippen LogP contribution in [0.4, 0.5) is 11.4 Å². The molecule has 1 aliphatic rings. The molecule has 0 unspecified atom stereocenters. The van der Waals surface area contributed by atoms with Crippen molar-refractivity contribution in [2.75, 3.05) is 18.4 Å². The topological polar surface area (TPSA) is 58.4 Å². The molecule has 0 aliphatic carbocycles. The van der Waals surface area contributed by atoms with Gasteiger partial charge in [0.25, 0.3) is 5.69 Å². The fraction of sp³-hybridized carbons (Fsp3) is 0.500. The van der Waals surface area contributed by atoms with Crippen LogP contribution in [0.5, 0.6) is 0 Å². The molecule has 1 heterocycles. The van der Waals surface area contributed by atoms with Gasteiger partial charge >= 0.3 is 0 Å². The Kier molecular flexibility index (Phi) is 5.00. The molecule has 5 nitrogen and oxygen atoms in total. The molecule has 1 fully saturated rings. The summed E-state index contributed by atoms with van der Waals surface area (Å²) in [4.78, 5) is 12.5. The number of likely N-dealkylation sites (tertiary alicyclic amines) is 1. The number of thiocarbonyl (C=S) groups is 1. The van der Waals surface area contributed by atoms with Crippen molar-refractivity contribution in [1.29, 1.82) is 0 Å². The Balaban J connectivity index is 2.12. The average Bonchev–Trinajstić information content (AvgIpc) is 2.39. The Morgan fingerprint density at radius 1 is 1.43 bits per heavy atom. The van der Waals surface area contributed by atoms with Crippen molar-refractivity contribution >= 4 is 40.3 Å². The minimum absolute atomic E-state index is 0.00918. The van der Waals surface area contributed by atoms with Crippen molar-refractivity contribution in [3.8, 4) is 0 Å². The number of hydrogen-bond acceptors (Lipinski definition) is 3. The van der Waals surface area contributed by atoms with Gasteiger partial charge in [-0.1, -0.05) is 25.4 Å². The summed E-state index contributed by atoms with van der Waals surface area (Å²) in [6, 6.07) is 4.29. The molecule has 0 amide bonds. The summed E-state index contributed by atoms with van der Waals surface area (Å²) in [6.45, 7) is 6.18. The van der Waals surface area contributed by atoms with Gasteiger partial charge in [-0.3, -0.25) is 10.1 Å². The van der Waals surface area contributed by atoms with E-state index in [4.69, 9.17) is 23.8 Å². The normalized spacial score (nSPS) is 22.0. The maximum Gasteiger partial charge on any atom is 0.271 e. The summed E-state index contributed by atoms with van der Waals surface area (Å²) in [5.41, 5.74) is 0.465. The van der Waals surface area contributed by atoms with Crippen LogP contribution in [0.1, 0.15) is 20.3 Å². The number of nitrogens with one attached hydrogen (secondary N) is 1. The minimum Gasteiger partial charge on any atom is -0.348 e. The van der Waals surface area contributed by atoms with Crippen LogP contribution in [0, 0.1) is 22.0 Å². The highest BCUT2D eigenvalue weighted by atomic mass is 35.5. The second-order valence-corrected chi connectivity index (χ2v) is 6.50. The summed E-state index contributed by atoms with van der Waals surface area (Å²) in [5, 5.41) is 14.8. The van der Waals surface area contributed by atoms with Crippen molar-refractivity contribution in [3.63, 3.8) is 0 Å². The maximum absolute atomic E-state index is 10.8. The molecule has 114 valence electrons. The van der Waals surface area contributed by atoms with Gasteiger partial charge in [0.2, 0.25) is 0 Å². The Hall–Kier alpha value is -1.40. The van der Waals surface area contributed by atoms with E-state index in [-0.39, 0.29) is 5.69 Å². The molecular formula is C14H18ClN3O2S. The summed E-state index contributed by atoms with van der Waals surface area (Å²) in [7, 11) is 0. The van der Waals surface area contributed by atoms with Gasteiger partial charge in [0.05, 0.1) is 15.6 Å². The van der Waals surface area contributed by atoms with Crippen LogP contribution in [-0.2, 0) is 0 Å². The maximum atomic E-state index is 10.8. The zero-order valence-corrected chi connectivity index (χ0v) is 13.6. The van der Waals surface area contributed by atoms with Gasteiger partial charge in [0.1, 0.15) is 0 Å². The van der Waals surface area contributed by atoms with Crippen LogP contribution in [0.3, 0.4) is 0 Å². The standard InChI is InChI=1S/C14H18ClN3O2S/c1-9-5-10(2)8-17(7-9)14(21)16-13-6-11(18(19)20)3-4-12(13)15/h3-4,6,9-10H,5,7-8H2,1-2H3,(H,16,21)/t9-,10-/m1/s1. The van der Waals surface area contributed by atoms with Gasteiger partial charge in [-0.25, -0.2) is 0 Å². The van der Waals surface area contributed by atoms with Crippen LogP contribution >= 0.6 is 23.8 Å². The highest BCUT2D eigenvalue weighted by molar-refractivity contribution is 7.80. The second kappa shape index (κ2) is 6.58. The zero-order chi connectivity index (χ0) is 15.6. The number of rotatable bonds is 2. The quantitative estimate of drug-likeness (QED) is 0.507. The summed E-state index contributed by atoms with van der Waals surface area (Å²) >= 11 is 11.5. The third-order valence-electron chi connectivity index (χ3n) is 3.56. The SMILES string of the molecule is C[C@@H]1C[C@@H](C)CN(C(=S)Nc2cc([N+](=O)[O-])ccc2Cl)C1. The lowest BCUT2D eigenvalue weighted by Crippen LogP contribution is -2.44. The minimum atomic E-state index is -0.449. The van der Waals surface area contributed by atoms with Crippen LogP contribution < -0.4 is 5.32 Å². The number of nitro groups is 1. The summed E-state index contributed by atoms with van der Waals surface area (Å²) in [5.74, 6) is 1.16. The number of hydrogen-bond donors (Lipinski definition) is 1. The van der Waals surface area contributed by atoms with Crippen LogP contribution in [0.15, 0.2) is 18.2 Å². The molecule has 2 atom stereocenters. The van der Waals surface area contributed by atoms with Crippen molar-refractivity contribution in [1.82, 2.24) is 4.90 Å². The van der Waals surface area contributed by atoms with Gasteiger partial charge in [0.15, 0.2) is 5.11 Å². The molecule has 0 saturated carbocycles. The predicted molar refractivity (Wildman–Crippen MR) is 88.8 cm³/mol. The first-order valence-corrected chi connectivity index (χ1v) is 7.65. The Labute approximate surface area is 134 Å². The van der Waals surface area contributed by atoms with Gasteiger partial charge in [-0.15, -0.1) is 0 Å². The smallest absolute Gasteiger partial charge is 0.271 e. The largest absolute Gasteiger partial charge is 0.348 e. The fourth-order valence-corrected chi connectivity index (χ4v) is 3.17. The van der Waals surface area contributed by atoms with Crippen LogP contribution in [0.25, 0.3) is 0 Å². The van der Waals surface area contributed by atoms with Crippen molar-refractivity contribution in [2.45, 2.75) is 20.3 Å². The molecule has 1 aliphatic heterocycles. The highest BCUT2D eigenvalue weighted by Gasteiger charge is 2.24. The van der Waals surface area contributed by atoms with Crippen molar-refractivity contribution in [2.24, 2.45) is 11.8 Å². The Morgan fingerprint density at radius 2 is 2.05 bits per heavy atom. The molecule has 2 rings (SSSR count). The van der Waals surface area contributed by atoms with E-state index >= 15 is 0 Å². The lowest BCUT2D eigenvalue weighted by Gasteiger charge is -2.36. The molecule has 7 heteroatoms. The number of nitro benzene ring substituents is 1. The number of nitrogens with zero attached hydrogens (tertiary/aromatic N) is 2. The summed E-state index contributed by atoms with van der Waals surface area (Å²) in [6.07, 6.45) is 1.19. The molecule has 1 aromatic rings. The van der Waals surface area contributed by atoms with E-state index in [0.717, 1.165) is 13.1 Å². The van der Waals surface area contributed by atoms with E-state index in [1.165, 1.54) is 24.6 Å². The average molecular weight is 328 g/mol. The van der Waals surface area contributed by atoms with Crippen molar-refractivity contribution < 1.29 is 4.92 Å². The van der Waals surface area contributed by atoms with E-state index in [2.05, 4.69) is 24.1 Å². The number of benzene rings is 1. The number of piperidine rings is 1. The molecular weight excluding hydrogens is 310 g/mol. The number of halogens is 1. The molecule has 1 N–H and O–H groups in total. The first-order chi connectivity index (χ1) is 9.86. The molecule has 0 spiro atoms. The third-order valence-corrected chi connectivity index (χ3v) is 4.25. The molecule has 1 saturated heterocycles. The van der Waals surface area contributed by atoms with Gasteiger partial charge < -0.3 is 10.2 Å². The molecule has 0 radical (unpaired) electrons. The fourth-order valence-electron chi connectivity index (χ4n) is 2.75. The van der Waals surface area contributed by atoms with E-state index in [1.54, 1.807) is 0 Å². The lowest BCUT2D eigenvalue weighted by atomic mass is 9.92. The van der Waals surface area contributed by atoms with E-state index < -0.39 is 4.92 Å². The zero-order valence-electron chi connectivity index (χ0n) is 12.0. The molecule has 0 bridgehead atoms. The third kappa shape index (κ3) is 4.04. The van der Waals surface area contributed by atoms with Crippen LogP contribution in [-0.4, -0.2) is 28.0 Å². The number of anilines is 1. The highest BCUT2D eigenvalue weighted by Crippen LogP contribution is 2.28. The summed E-state index contributed by atoms with van der Waals surface area (Å²) < 4.78 is 0. The first-order valence-electron chi connectivity index (χ1n) is 6.86. The second-order valence-electron chi connectivity index (χ2n) is 5.70. The van der Waals surface area contributed by atoms with Gasteiger partial charge in [-0.2, -0.15) is 0 Å². The van der Waals surface area contributed by atoms with Crippen molar-refractivity contribution in [3.05, 3.63) is 33.3 Å². The van der Waals surface area contributed by atoms with E-state index in [1.807, 2.05) is 0 Å². The number of non-ortho nitro benzene ring substituents is 1. The van der Waals surface area contributed by atoms with E-state index in [0.29, 0.717) is 27.7 Å². The van der Waals surface area contributed by atoms with Gasteiger partial charge in [0, 0.05) is 25.2 Å². The monoisotopic (exact) mass is 327 g/mol. The Bertz CT molecular complexity index is 557. The molecule has 1 aromatic carbocycles. The molecule has 21 heavy (non-hydrogen) atoms. The Morgan fingerprint density at radius 3 is 2.62 bits per heavy atom.